The molecule has 0 aliphatic heterocycles. The van der Waals surface area contributed by atoms with Crippen molar-refractivity contribution in [2.75, 3.05) is 0 Å². The van der Waals surface area contributed by atoms with Crippen LogP contribution in [0.25, 0.3) is 0 Å². The minimum Gasteiger partial charge on any atom is -0.197 e. The van der Waals surface area contributed by atoms with Gasteiger partial charge >= 0.3 is 0 Å². The maximum atomic E-state index is 2.20. The van der Waals surface area contributed by atoms with E-state index in [1.165, 1.54) is 16.7 Å². The average Bonchev–Trinajstić information content (AvgIpc) is 2.51. The number of hydrogen-bond acceptors (Lipinski definition) is 0. The highest BCUT2D eigenvalue weighted by Crippen LogP contribution is 2.31. The quantitative estimate of drug-likeness (QED) is 0.593. The molecule has 3 rings (SSSR count). The first kappa shape index (κ1) is 14.4. The number of benzene rings is 3. The van der Waals surface area contributed by atoms with E-state index in [9.17, 15) is 0 Å². The first-order valence-corrected chi connectivity index (χ1v) is 6.60. The Labute approximate surface area is 127 Å². The van der Waals surface area contributed by atoms with Crippen molar-refractivity contribution in [1.29, 1.82) is 0 Å². The Hall–Kier alpha value is -1.99. The zero-order chi connectivity index (χ0) is 12.9. The van der Waals surface area contributed by atoms with Gasteiger partial charge in [-0.25, -0.2) is 0 Å². The third-order valence-corrected chi connectivity index (χ3v) is 3.40. The highest BCUT2D eigenvalue weighted by atomic mass is 32.1. The summed E-state index contributed by atoms with van der Waals surface area (Å²) in [4.78, 5) is 0. The van der Waals surface area contributed by atoms with E-state index in [-0.39, 0.29) is 13.5 Å². The van der Waals surface area contributed by atoms with E-state index in [1.54, 1.807) is 0 Å². The monoisotopic (exact) mass is 278 g/mol. The molecule has 3 aromatic rings. The van der Waals surface area contributed by atoms with Crippen molar-refractivity contribution in [3.05, 3.63) is 108 Å². The van der Waals surface area contributed by atoms with Crippen LogP contribution in [0.2, 0.25) is 0 Å². The van der Waals surface area contributed by atoms with E-state index in [4.69, 9.17) is 0 Å². The van der Waals surface area contributed by atoms with E-state index in [2.05, 4.69) is 91.0 Å². The molecular weight excluding hydrogens is 260 g/mol. The van der Waals surface area contributed by atoms with Gasteiger partial charge in [0.15, 0.2) is 0 Å². The SMILES string of the molecule is S.c1ccc(C(c2ccccc2)c2ccccc2)cc1. The average molecular weight is 278 g/mol. The molecule has 0 unspecified atom stereocenters. The van der Waals surface area contributed by atoms with Crippen molar-refractivity contribution >= 4 is 13.5 Å². The summed E-state index contributed by atoms with van der Waals surface area (Å²) < 4.78 is 0. The van der Waals surface area contributed by atoms with Crippen molar-refractivity contribution < 1.29 is 0 Å². The molecule has 100 valence electrons. The molecule has 20 heavy (non-hydrogen) atoms. The highest BCUT2D eigenvalue weighted by Gasteiger charge is 2.15. The standard InChI is InChI=1S/C19H16.H2S/c1-4-10-16(11-5-1)19(17-12-6-2-7-13-17)18-14-8-3-9-15-18;/h1-15,19H;1H2. The van der Waals surface area contributed by atoms with Crippen LogP contribution >= 0.6 is 13.5 Å². The van der Waals surface area contributed by atoms with Gasteiger partial charge in [0.1, 0.15) is 0 Å². The summed E-state index contributed by atoms with van der Waals surface area (Å²) in [6.45, 7) is 0. The Morgan fingerprint density at radius 2 is 0.650 bits per heavy atom. The van der Waals surface area contributed by atoms with Crippen molar-refractivity contribution in [3.63, 3.8) is 0 Å². The first-order valence-electron chi connectivity index (χ1n) is 6.60. The van der Waals surface area contributed by atoms with Gasteiger partial charge in [-0.1, -0.05) is 91.0 Å². The van der Waals surface area contributed by atoms with E-state index in [0.29, 0.717) is 5.92 Å². The Balaban J connectivity index is 0.00000147. The molecule has 1 heteroatoms. The number of hydrogen-bond donors (Lipinski definition) is 0. The highest BCUT2D eigenvalue weighted by molar-refractivity contribution is 7.59. The van der Waals surface area contributed by atoms with E-state index >= 15 is 0 Å². The Kier molecular flexibility index (Phi) is 5.03. The normalized spacial score (nSPS) is 10.1. The molecule has 0 aromatic heterocycles. The Morgan fingerprint density at radius 3 is 0.900 bits per heavy atom. The molecule has 0 radical (unpaired) electrons. The maximum Gasteiger partial charge on any atom is 0.0339 e. The van der Waals surface area contributed by atoms with Gasteiger partial charge < -0.3 is 0 Å². The molecule has 0 nitrogen and oxygen atoms in total. The zero-order valence-electron chi connectivity index (χ0n) is 11.2. The van der Waals surface area contributed by atoms with Crippen molar-refractivity contribution in [2.45, 2.75) is 5.92 Å². The van der Waals surface area contributed by atoms with Crippen LogP contribution in [0, 0.1) is 0 Å². The van der Waals surface area contributed by atoms with Crippen LogP contribution in [0.4, 0.5) is 0 Å². The third kappa shape index (κ3) is 3.12. The molecule has 0 bridgehead atoms. The van der Waals surface area contributed by atoms with Gasteiger partial charge in [0.25, 0.3) is 0 Å². The van der Waals surface area contributed by atoms with Gasteiger partial charge in [-0.3, -0.25) is 0 Å². The van der Waals surface area contributed by atoms with E-state index < -0.39 is 0 Å². The maximum absolute atomic E-state index is 2.20. The lowest BCUT2D eigenvalue weighted by Gasteiger charge is -2.18. The van der Waals surface area contributed by atoms with Crippen LogP contribution in [0.5, 0.6) is 0 Å². The zero-order valence-corrected chi connectivity index (χ0v) is 12.2. The van der Waals surface area contributed by atoms with E-state index in [0.717, 1.165) is 0 Å². The summed E-state index contributed by atoms with van der Waals surface area (Å²) in [5.74, 6) is 0.309. The van der Waals surface area contributed by atoms with Crippen LogP contribution in [0.1, 0.15) is 22.6 Å². The van der Waals surface area contributed by atoms with Crippen LogP contribution < -0.4 is 0 Å². The predicted octanol–water partition coefficient (Wildman–Crippen LogP) is 4.98. The van der Waals surface area contributed by atoms with Crippen LogP contribution in [-0.2, 0) is 0 Å². The third-order valence-electron chi connectivity index (χ3n) is 3.40. The molecule has 0 fully saturated rings. The molecule has 0 saturated carbocycles. The summed E-state index contributed by atoms with van der Waals surface area (Å²) >= 11 is 0. The molecule has 0 heterocycles. The summed E-state index contributed by atoms with van der Waals surface area (Å²) in [5.41, 5.74) is 4.00. The second-order valence-corrected chi connectivity index (χ2v) is 4.67. The molecular formula is C19H18S. The summed E-state index contributed by atoms with van der Waals surface area (Å²) in [5, 5.41) is 0. The second-order valence-electron chi connectivity index (χ2n) is 4.67. The molecule has 0 aliphatic rings. The lowest BCUT2D eigenvalue weighted by atomic mass is 9.85. The largest absolute Gasteiger partial charge is 0.197 e. The molecule has 0 saturated heterocycles. The van der Waals surface area contributed by atoms with Crippen LogP contribution in [0.3, 0.4) is 0 Å². The lowest BCUT2D eigenvalue weighted by molar-refractivity contribution is 0.977. The topological polar surface area (TPSA) is 0 Å². The number of rotatable bonds is 3. The van der Waals surface area contributed by atoms with Crippen LogP contribution in [-0.4, -0.2) is 0 Å². The molecule has 0 N–H and O–H groups in total. The minimum atomic E-state index is 0. The van der Waals surface area contributed by atoms with Gasteiger partial charge in [-0.15, -0.1) is 0 Å². The van der Waals surface area contributed by atoms with E-state index in [1.807, 2.05) is 0 Å². The van der Waals surface area contributed by atoms with Crippen molar-refractivity contribution in [3.8, 4) is 0 Å². The van der Waals surface area contributed by atoms with Gasteiger partial charge in [0, 0.05) is 5.92 Å². The smallest absolute Gasteiger partial charge is 0.0339 e. The summed E-state index contributed by atoms with van der Waals surface area (Å²) in [6.07, 6.45) is 0. The molecule has 0 spiro atoms. The van der Waals surface area contributed by atoms with Gasteiger partial charge in [0.05, 0.1) is 0 Å². The fourth-order valence-corrected chi connectivity index (χ4v) is 2.51. The Morgan fingerprint density at radius 1 is 0.400 bits per heavy atom. The first-order chi connectivity index (χ1) is 9.45. The van der Waals surface area contributed by atoms with Crippen LogP contribution in [0.15, 0.2) is 91.0 Å². The molecule has 0 aliphatic carbocycles. The van der Waals surface area contributed by atoms with Gasteiger partial charge in [-0.2, -0.15) is 13.5 Å². The second kappa shape index (κ2) is 6.97. The minimum absolute atomic E-state index is 0. The Bertz CT molecular complexity index is 524. The van der Waals surface area contributed by atoms with Gasteiger partial charge in [-0.05, 0) is 16.7 Å². The molecule has 0 amide bonds. The predicted molar refractivity (Wildman–Crippen MR) is 90.7 cm³/mol. The summed E-state index contributed by atoms with van der Waals surface area (Å²) in [7, 11) is 0. The summed E-state index contributed by atoms with van der Waals surface area (Å²) in [6, 6.07) is 32.0. The van der Waals surface area contributed by atoms with Gasteiger partial charge in [0.2, 0.25) is 0 Å². The van der Waals surface area contributed by atoms with Crippen molar-refractivity contribution in [1.82, 2.24) is 0 Å². The molecule has 3 aromatic carbocycles. The lowest BCUT2D eigenvalue weighted by Crippen LogP contribution is -2.02. The van der Waals surface area contributed by atoms with Crippen molar-refractivity contribution in [2.24, 2.45) is 0 Å². The molecule has 0 atom stereocenters. The fourth-order valence-electron chi connectivity index (χ4n) is 2.51. The fraction of sp³-hybridized carbons (Fsp3) is 0.0526.